The highest BCUT2D eigenvalue weighted by Crippen LogP contribution is 2.39. The van der Waals surface area contributed by atoms with Gasteiger partial charge in [0.2, 0.25) is 0 Å². The smallest absolute Gasteiger partial charge is 0.143 e. The normalized spacial score (nSPS) is 13.5. The molecule has 6 heteroatoms. The minimum absolute atomic E-state index is 0.405. The molecule has 3 N–H and O–H groups in total. The molecule has 106 valence electrons. The van der Waals surface area contributed by atoms with Crippen LogP contribution in [0.5, 0.6) is 5.75 Å². The van der Waals surface area contributed by atoms with Crippen molar-refractivity contribution in [3.05, 3.63) is 35.7 Å². The summed E-state index contributed by atoms with van der Waals surface area (Å²) in [5.74, 6) is 2.74. The van der Waals surface area contributed by atoms with Gasteiger partial charge in [0, 0.05) is 12.0 Å². The summed E-state index contributed by atoms with van der Waals surface area (Å²) in [6.07, 6.45) is 2.20. The average Bonchev–Trinajstić information content (AvgIpc) is 3.31. The van der Waals surface area contributed by atoms with Crippen LogP contribution in [-0.4, -0.2) is 17.1 Å². The molecule has 1 heterocycles. The third-order valence-electron chi connectivity index (χ3n) is 3.33. The van der Waals surface area contributed by atoms with Gasteiger partial charge in [-0.05, 0) is 25.0 Å². The van der Waals surface area contributed by atoms with Crippen LogP contribution in [0.4, 0.5) is 17.3 Å². The molecule has 2 aromatic rings. The molecule has 1 aliphatic rings. The second-order valence-corrected chi connectivity index (χ2v) is 4.93. The third-order valence-corrected chi connectivity index (χ3v) is 3.33. The molecule has 0 unspecified atom stereocenters. The number of benzene rings is 1. The lowest BCUT2D eigenvalue weighted by molar-refractivity contribution is 0.416. The highest BCUT2D eigenvalue weighted by Gasteiger charge is 2.27. The van der Waals surface area contributed by atoms with Crippen LogP contribution in [0, 0.1) is 11.3 Å². The van der Waals surface area contributed by atoms with E-state index in [0.29, 0.717) is 34.6 Å². The predicted octanol–water partition coefficient (Wildman–Crippen LogP) is 2.56. The zero-order valence-electron chi connectivity index (χ0n) is 11.6. The number of nitriles is 1. The molecule has 0 radical (unpaired) electrons. The number of hydrogen-bond acceptors (Lipinski definition) is 6. The monoisotopic (exact) mass is 281 g/mol. The fourth-order valence-electron chi connectivity index (χ4n) is 2.12. The number of nitrogens with one attached hydrogen (secondary N) is 1. The van der Waals surface area contributed by atoms with E-state index in [1.807, 2.05) is 0 Å². The van der Waals surface area contributed by atoms with Crippen molar-refractivity contribution in [3.8, 4) is 11.8 Å². The molecule has 1 fully saturated rings. The van der Waals surface area contributed by atoms with E-state index in [9.17, 15) is 5.26 Å². The lowest BCUT2D eigenvalue weighted by Gasteiger charge is -2.13. The standard InChI is InChI=1S/C15H15N5O/c1-21-11-4-2-3-10(8-16)14(11)19-13-7-12(17)18-15(20-13)9-5-6-9/h2-4,7,9H,5-6H2,1H3,(H3,17,18,19,20). The molecule has 0 atom stereocenters. The van der Waals surface area contributed by atoms with Crippen molar-refractivity contribution in [1.29, 1.82) is 5.26 Å². The molecule has 6 nitrogen and oxygen atoms in total. The lowest BCUT2D eigenvalue weighted by Crippen LogP contribution is -2.04. The zero-order valence-corrected chi connectivity index (χ0v) is 11.6. The van der Waals surface area contributed by atoms with Gasteiger partial charge in [-0.2, -0.15) is 5.26 Å². The molecule has 3 rings (SSSR count). The summed E-state index contributed by atoms with van der Waals surface area (Å²) in [5.41, 5.74) is 6.90. The van der Waals surface area contributed by atoms with Crippen molar-refractivity contribution in [2.45, 2.75) is 18.8 Å². The molecule has 21 heavy (non-hydrogen) atoms. The number of nitrogen functional groups attached to an aromatic ring is 1. The van der Waals surface area contributed by atoms with E-state index in [4.69, 9.17) is 10.5 Å². The highest BCUT2D eigenvalue weighted by atomic mass is 16.5. The summed E-state index contributed by atoms with van der Waals surface area (Å²) in [6.45, 7) is 0. The Morgan fingerprint density at radius 1 is 1.38 bits per heavy atom. The quantitative estimate of drug-likeness (QED) is 0.894. The minimum atomic E-state index is 0.405. The van der Waals surface area contributed by atoms with Crippen molar-refractivity contribution in [1.82, 2.24) is 9.97 Å². The van der Waals surface area contributed by atoms with Crippen LogP contribution in [0.25, 0.3) is 0 Å². The van der Waals surface area contributed by atoms with Crippen LogP contribution in [0.15, 0.2) is 24.3 Å². The second kappa shape index (κ2) is 5.29. The molecule has 0 amide bonds. The van der Waals surface area contributed by atoms with E-state index in [1.54, 1.807) is 31.4 Å². The van der Waals surface area contributed by atoms with Gasteiger partial charge in [0.15, 0.2) is 0 Å². The number of para-hydroxylation sites is 1. The Kier molecular flexibility index (Phi) is 3.32. The Hall–Kier alpha value is -2.81. The number of aromatic nitrogens is 2. The fourth-order valence-corrected chi connectivity index (χ4v) is 2.12. The first-order valence-corrected chi connectivity index (χ1v) is 6.70. The number of nitrogens with two attached hydrogens (primary N) is 1. The molecular formula is C15H15N5O. The van der Waals surface area contributed by atoms with Gasteiger partial charge in [0.1, 0.15) is 35.0 Å². The number of hydrogen-bond donors (Lipinski definition) is 2. The predicted molar refractivity (Wildman–Crippen MR) is 79.4 cm³/mol. The van der Waals surface area contributed by atoms with Crippen molar-refractivity contribution in [3.63, 3.8) is 0 Å². The van der Waals surface area contributed by atoms with Gasteiger partial charge in [-0.15, -0.1) is 0 Å². The van der Waals surface area contributed by atoms with Crippen molar-refractivity contribution in [2.75, 3.05) is 18.2 Å². The summed E-state index contributed by atoms with van der Waals surface area (Å²) in [6, 6.07) is 9.07. The van der Waals surface area contributed by atoms with Gasteiger partial charge in [-0.1, -0.05) is 6.07 Å². The first-order chi connectivity index (χ1) is 10.2. The van der Waals surface area contributed by atoms with Crippen LogP contribution < -0.4 is 15.8 Å². The van der Waals surface area contributed by atoms with E-state index >= 15 is 0 Å². The summed E-state index contributed by atoms with van der Waals surface area (Å²) in [7, 11) is 1.56. The highest BCUT2D eigenvalue weighted by molar-refractivity contribution is 5.72. The van der Waals surface area contributed by atoms with Crippen molar-refractivity contribution < 1.29 is 4.74 Å². The lowest BCUT2D eigenvalue weighted by atomic mass is 10.2. The average molecular weight is 281 g/mol. The molecular weight excluding hydrogens is 266 g/mol. The number of anilines is 3. The van der Waals surface area contributed by atoms with Gasteiger partial charge in [0.25, 0.3) is 0 Å². The Bertz CT molecular complexity index is 718. The van der Waals surface area contributed by atoms with E-state index in [2.05, 4.69) is 21.4 Å². The first-order valence-electron chi connectivity index (χ1n) is 6.70. The minimum Gasteiger partial charge on any atom is -0.495 e. The largest absolute Gasteiger partial charge is 0.495 e. The number of rotatable bonds is 4. The molecule has 1 saturated carbocycles. The van der Waals surface area contributed by atoms with Crippen LogP contribution in [0.1, 0.15) is 30.1 Å². The van der Waals surface area contributed by atoms with E-state index in [-0.39, 0.29) is 0 Å². The zero-order chi connectivity index (χ0) is 14.8. The Labute approximate surface area is 122 Å². The maximum absolute atomic E-state index is 9.22. The topological polar surface area (TPSA) is 96.8 Å². The first kappa shape index (κ1) is 13.2. The van der Waals surface area contributed by atoms with Gasteiger partial charge in [0.05, 0.1) is 12.7 Å². The Morgan fingerprint density at radius 3 is 2.86 bits per heavy atom. The summed E-state index contributed by atoms with van der Waals surface area (Å²) in [4.78, 5) is 8.73. The van der Waals surface area contributed by atoms with Crippen molar-refractivity contribution >= 4 is 17.3 Å². The van der Waals surface area contributed by atoms with Gasteiger partial charge < -0.3 is 15.8 Å². The van der Waals surface area contributed by atoms with E-state index in [1.165, 1.54) is 0 Å². The van der Waals surface area contributed by atoms with Crippen LogP contribution in [0.2, 0.25) is 0 Å². The molecule has 0 spiro atoms. The van der Waals surface area contributed by atoms with E-state index in [0.717, 1.165) is 18.7 Å². The van der Waals surface area contributed by atoms with Gasteiger partial charge in [-0.25, -0.2) is 9.97 Å². The maximum atomic E-state index is 9.22. The Balaban J connectivity index is 1.99. The SMILES string of the molecule is COc1cccc(C#N)c1Nc1cc(N)nc(C2CC2)n1. The summed E-state index contributed by atoms with van der Waals surface area (Å²) < 4.78 is 5.29. The molecule has 1 aliphatic carbocycles. The molecule has 1 aromatic heterocycles. The molecule has 0 bridgehead atoms. The fraction of sp³-hybridized carbons (Fsp3) is 0.267. The molecule has 0 aliphatic heterocycles. The molecule has 0 saturated heterocycles. The summed E-state index contributed by atoms with van der Waals surface area (Å²) in [5, 5.41) is 12.3. The number of ether oxygens (including phenoxy) is 1. The summed E-state index contributed by atoms with van der Waals surface area (Å²) >= 11 is 0. The van der Waals surface area contributed by atoms with E-state index < -0.39 is 0 Å². The maximum Gasteiger partial charge on any atom is 0.143 e. The van der Waals surface area contributed by atoms with Crippen LogP contribution in [0.3, 0.4) is 0 Å². The van der Waals surface area contributed by atoms with Crippen molar-refractivity contribution in [2.24, 2.45) is 0 Å². The molecule has 1 aromatic carbocycles. The van der Waals surface area contributed by atoms with Crippen LogP contribution in [-0.2, 0) is 0 Å². The number of nitrogens with zero attached hydrogens (tertiary/aromatic N) is 3. The third kappa shape index (κ3) is 2.72. The Morgan fingerprint density at radius 2 is 2.19 bits per heavy atom. The van der Waals surface area contributed by atoms with Gasteiger partial charge in [-0.3, -0.25) is 0 Å². The van der Waals surface area contributed by atoms with Crippen LogP contribution >= 0.6 is 0 Å². The number of methoxy groups -OCH3 is 1. The van der Waals surface area contributed by atoms with Gasteiger partial charge >= 0.3 is 0 Å². The second-order valence-electron chi connectivity index (χ2n) is 4.93.